The van der Waals surface area contributed by atoms with Gasteiger partial charge in [-0.25, -0.2) is 14.4 Å². The highest BCUT2D eigenvalue weighted by molar-refractivity contribution is 7.09. The van der Waals surface area contributed by atoms with E-state index in [-0.39, 0.29) is 5.82 Å². The van der Waals surface area contributed by atoms with E-state index >= 15 is 0 Å². The Bertz CT molecular complexity index is 735. The summed E-state index contributed by atoms with van der Waals surface area (Å²) in [6.07, 6.45) is 0. The quantitative estimate of drug-likeness (QED) is 0.689. The zero-order valence-electron chi connectivity index (χ0n) is 10.2. The molecule has 2 heterocycles. The fraction of sp³-hybridized carbons (Fsp3) is 0.231. The monoisotopic (exact) mass is 295 g/mol. The summed E-state index contributed by atoms with van der Waals surface area (Å²) in [6.45, 7) is 2.64. The molecule has 6 heteroatoms. The van der Waals surface area contributed by atoms with E-state index in [1.54, 1.807) is 17.4 Å². The van der Waals surface area contributed by atoms with Crippen molar-refractivity contribution in [1.29, 1.82) is 0 Å². The van der Waals surface area contributed by atoms with Gasteiger partial charge in [0.2, 0.25) is 0 Å². The molecule has 0 saturated carbocycles. The summed E-state index contributed by atoms with van der Waals surface area (Å²) < 4.78 is 15.2. The number of fused-ring (bicyclic) bond motifs is 1. The zero-order valence-corrected chi connectivity index (χ0v) is 11.8. The maximum absolute atomic E-state index is 13.2. The van der Waals surface area contributed by atoms with E-state index in [2.05, 4.69) is 9.97 Å². The summed E-state index contributed by atoms with van der Waals surface area (Å²) in [4.78, 5) is 9.78. The van der Waals surface area contributed by atoms with Crippen molar-refractivity contribution in [2.24, 2.45) is 0 Å². The van der Waals surface area contributed by atoms with E-state index < -0.39 is 0 Å². The number of halogens is 2. The molecule has 3 rings (SSSR count). The van der Waals surface area contributed by atoms with Crippen molar-refractivity contribution in [2.45, 2.75) is 19.3 Å². The Kier molecular flexibility index (Phi) is 3.24. The molecule has 0 aliphatic carbocycles. The van der Waals surface area contributed by atoms with Crippen LogP contribution in [0.25, 0.3) is 11.0 Å². The Hall–Kier alpha value is -1.46. The SMILES string of the molecule is Cc1ncsc1Cn1c(CCl)nc2cc(F)ccc21. The Labute approximate surface area is 118 Å². The van der Waals surface area contributed by atoms with Crippen LogP contribution in [0.4, 0.5) is 4.39 Å². The molecule has 0 aliphatic heterocycles. The number of alkyl halides is 1. The summed E-state index contributed by atoms with van der Waals surface area (Å²) in [5.41, 5.74) is 4.36. The van der Waals surface area contributed by atoms with Gasteiger partial charge in [-0.3, -0.25) is 0 Å². The van der Waals surface area contributed by atoms with Crippen molar-refractivity contribution in [1.82, 2.24) is 14.5 Å². The summed E-state index contributed by atoms with van der Waals surface area (Å²) in [6, 6.07) is 4.61. The maximum Gasteiger partial charge on any atom is 0.125 e. The van der Waals surface area contributed by atoms with Gasteiger partial charge in [0.05, 0.1) is 34.7 Å². The molecule has 19 heavy (non-hydrogen) atoms. The molecule has 0 fully saturated rings. The second kappa shape index (κ2) is 4.90. The highest BCUT2D eigenvalue weighted by Crippen LogP contribution is 2.22. The van der Waals surface area contributed by atoms with Crippen molar-refractivity contribution >= 4 is 34.0 Å². The fourth-order valence-electron chi connectivity index (χ4n) is 2.05. The highest BCUT2D eigenvalue weighted by Gasteiger charge is 2.12. The first-order valence-electron chi connectivity index (χ1n) is 5.78. The average molecular weight is 296 g/mol. The van der Waals surface area contributed by atoms with Gasteiger partial charge in [0.1, 0.15) is 11.6 Å². The lowest BCUT2D eigenvalue weighted by molar-refractivity contribution is 0.629. The van der Waals surface area contributed by atoms with Crippen molar-refractivity contribution in [2.75, 3.05) is 0 Å². The lowest BCUT2D eigenvalue weighted by Gasteiger charge is -2.06. The minimum Gasteiger partial charge on any atom is -0.322 e. The van der Waals surface area contributed by atoms with Gasteiger partial charge in [-0.2, -0.15) is 0 Å². The summed E-state index contributed by atoms with van der Waals surface area (Å²) in [5.74, 6) is 0.760. The van der Waals surface area contributed by atoms with Crippen LogP contribution in [0.15, 0.2) is 23.7 Å². The smallest absolute Gasteiger partial charge is 0.125 e. The molecule has 0 bridgehead atoms. The molecule has 0 N–H and O–H groups in total. The molecule has 2 aromatic heterocycles. The molecular formula is C13H11ClFN3S. The van der Waals surface area contributed by atoms with Gasteiger partial charge in [-0.1, -0.05) is 0 Å². The minimum absolute atomic E-state index is 0.285. The van der Waals surface area contributed by atoms with Crippen LogP contribution >= 0.6 is 22.9 Å². The zero-order chi connectivity index (χ0) is 13.4. The third kappa shape index (κ3) is 2.24. The van der Waals surface area contributed by atoms with Crippen molar-refractivity contribution < 1.29 is 4.39 Å². The van der Waals surface area contributed by atoms with E-state index in [1.807, 2.05) is 17.0 Å². The van der Waals surface area contributed by atoms with Gasteiger partial charge >= 0.3 is 0 Å². The Morgan fingerprint density at radius 3 is 2.95 bits per heavy atom. The first-order chi connectivity index (χ1) is 9.19. The highest BCUT2D eigenvalue weighted by atomic mass is 35.5. The van der Waals surface area contributed by atoms with E-state index in [4.69, 9.17) is 11.6 Å². The first-order valence-corrected chi connectivity index (χ1v) is 7.20. The van der Waals surface area contributed by atoms with Crippen molar-refractivity contribution in [3.05, 3.63) is 45.9 Å². The third-order valence-corrected chi connectivity index (χ3v) is 4.21. The first kappa shape index (κ1) is 12.6. The number of hydrogen-bond acceptors (Lipinski definition) is 3. The predicted octanol–water partition coefficient (Wildman–Crippen LogP) is 3.73. The molecular weight excluding hydrogens is 285 g/mol. The van der Waals surface area contributed by atoms with Crippen LogP contribution in [0.2, 0.25) is 0 Å². The van der Waals surface area contributed by atoms with E-state index in [0.717, 1.165) is 21.9 Å². The summed E-state index contributed by atoms with van der Waals surface area (Å²) in [7, 11) is 0. The molecule has 0 radical (unpaired) electrons. The van der Waals surface area contributed by atoms with Crippen LogP contribution < -0.4 is 0 Å². The number of benzene rings is 1. The number of aryl methyl sites for hydroxylation is 1. The molecule has 98 valence electrons. The minimum atomic E-state index is -0.285. The molecule has 0 aliphatic rings. The second-order valence-corrected chi connectivity index (χ2v) is 5.45. The molecule has 3 aromatic rings. The topological polar surface area (TPSA) is 30.7 Å². The van der Waals surface area contributed by atoms with E-state index in [1.165, 1.54) is 12.1 Å². The molecule has 0 atom stereocenters. The van der Waals surface area contributed by atoms with Gasteiger partial charge in [-0.05, 0) is 19.1 Å². The molecule has 0 unspecified atom stereocenters. The van der Waals surface area contributed by atoms with Crippen LogP contribution in [0.3, 0.4) is 0 Å². The van der Waals surface area contributed by atoms with Gasteiger partial charge < -0.3 is 4.57 Å². The second-order valence-electron chi connectivity index (χ2n) is 4.24. The lowest BCUT2D eigenvalue weighted by atomic mass is 10.3. The fourth-order valence-corrected chi connectivity index (χ4v) is 3.02. The Balaban J connectivity index is 2.13. The molecule has 3 nitrogen and oxygen atoms in total. The third-order valence-electron chi connectivity index (χ3n) is 3.06. The molecule has 1 aromatic carbocycles. The van der Waals surface area contributed by atoms with Gasteiger partial charge in [0.15, 0.2) is 0 Å². The van der Waals surface area contributed by atoms with Crippen LogP contribution in [-0.4, -0.2) is 14.5 Å². The molecule has 0 saturated heterocycles. The van der Waals surface area contributed by atoms with E-state index in [9.17, 15) is 4.39 Å². The number of imidazole rings is 1. The number of rotatable bonds is 3. The van der Waals surface area contributed by atoms with Crippen molar-refractivity contribution in [3.8, 4) is 0 Å². The lowest BCUT2D eigenvalue weighted by Crippen LogP contribution is -2.03. The van der Waals surface area contributed by atoms with Gasteiger partial charge in [0, 0.05) is 10.9 Å². The number of thiazole rings is 1. The molecule has 0 amide bonds. The van der Waals surface area contributed by atoms with Crippen LogP contribution in [0.5, 0.6) is 0 Å². The average Bonchev–Trinajstić information content (AvgIpc) is 2.94. The van der Waals surface area contributed by atoms with Gasteiger partial charge in [0.25, 0.3) is 0 Å². The Morgan fingerprint density at radius 1 is 1.42 bits per heavy atom. The number of aromatic nitrogens is 3. The van der Waals surface area contributed by atoms with Gasteiger partial charge in [-0.15, -0.1) is 22.9 Å². The standard InChI is InChI=1S/C13H11ClFN3S/c1-8-12(19-7-16-8)6-18-11-3-2-9(15)4-10(11)17-13(18)5-14/h2-4,7H,5-6H2,1H3. The van der Waals surface area contributed by atoms with E-state index in [0.29, 0.717) is 17.9 Å². The van der Waals surface area contributed by atoms with Crippen LogP contribution in [-0.2, 0) is 12.4 Å². The van der Waals surface area contributed by atoms with Crippen molar-refractivity contribution in [3.63, 3.8) is 0 Å². The summed E-state index contributed by atoms with van der Waals surface area (Å²) >= 11 is 7.54. The summed E-state index contributed by atoms with van der Waals surface area (Å²) in [5, 5.41) is 0. The largest absolute Gasteiger partial charge is 0.322 e. The number of hydrogen-bond donors (Lipinski definition) is 0. The Morgan fingerprint density at radius 2 is 2.26 bits per heavy atom. The number of nitrogens with zero attached hydrogens (tertiary/aromatic N) is 3. The van der Waals surface area contributed by atoms with Crippen LogP contribution in [0, 0.1) is 12.7 Å². The molecule has 0 spiro atoms. The predicted molar refractivity (Wildman–Crippen MR) is 75.2 cm³/mol. The van der Waals surface area contributed by atoms with Crippen LogP contribution in [0.1, 0.15) is 16.4 Å². The normalized spacial score (nSPS) is 11.3. The maximum atomic E-state index is 13.2.